The summed E-state index contributed by atoms with van der Waals surface area (Å²) in [5.41, 5.74) is 0. The van der Waals surface area contributed by atoms with Crippen LogP contribution >= 0.6 is 15.9 Å². The topological polar surface area (TPSA) is 66.4 Å². The molecular weight excluding hydrogens is 320 g/mol. The van der Waals surface area contributed by atoms with Crippen molar-refractivity contribution in [2.24, 2.45) is 0 Å². The van der Waals surface area contributed by atoms with Gasteiger partial charge in [0.05, 0.1) is 11.1 Å². The van der Waals surface area contributed by atoms with Crippen LogP contribution in [0.1, 0.15) is 6.92 Å². The summed E-state index contributed by atoms with van der Waals surface area (Å²) in [6.07, 6.45) is 0. The molecule has 0 unspecified atom stereocenters. The van der Waals surface area contributed by atoms with Gasteiger partial charge in [-0.2, -0.15) is 0 Å². The first-order chi connectivity index (χ1) is 7.79. The highest BCUT2D eigenvalue weighted by Crippen LogP contribution is 2.25. The van der Waals surface area contributed by atoms with Crippen molar-refractivity contribution in [3.05, 3.63) is 28.2 Å². The van der Waals surface area contributed by atoms with Gasteiger partial charge in [0.1, 0.15) is 10.7 Å². The minimum atomic E-state index is -4.12. The lowest BCUT2D eigenvalue weighted by atomic mass is 10.3. The fraction of sp³-hybridized carbons (Fsp3) is 0.333. The van der Waals surface area contributed by atoms with Crippen LogP contribution < -0.4 is 4.72 Å². The summed E-state index contributed by atoms with van der Waals surface area (Å²) >= 11 is 2.61. The highest BCUT2D eigenvalue weighted by atomic mass is 79.9. The molecule has 0 aliphatic heterocycles. The number of aliphatic hydroxyl groups is 1. The molecule has 1 aromatic carbocycles. The molecule has 17 heavy (non-hydrogen) atoms. The number of hydrogen-bond donors (Lipinski definition) is 2. The SMILES string of the molecule is C[C@@H](CO)NS(=O)(=O)c1ccc(F)c(Br)c1F. The van der Waals surface area contributed by atoms with E-state index >= 15 is 0 Å². The molecule has 0 aromatic heterocycles. The lowest BCUT2D eigenvalue weighted by Crippen LogP contribution is -2.35. The number of rotatable bonds is 4. The van der Waals surface area contributed by atoms with E-state index in [9.17, 15) is 17.2 Å². The van der Waals surface area contributed by atoms with Crippen molar-refractivity contribution >= 4 is 26.0 Å². The molecule has 0 saturated carbocycles. The van der Waals surface area contributed by atoms with Crippen LogP contribution in [-0.4, -0.2) is 26.2 Å². The van der Waals surface area contributed by atoms with Gasteiger partial charge in [-0.25, -0.2) is 21.9 Å². The predicted molar refractivity (Wildman–Crippen MR) is 60.9 cm³/mol. The van der Waals surface area contributed by atoms with E-state index in [0.717, 1.165) is 12.1 Å². The van der Waals surface area contributed by atoms with E-state index < -0.39 is 43.7 Å². The zero-order chi connectivity index (χ0) is 13.2. The Hall–Kier alpha value is -0.570. The summed E-state index contributed by atoms with van der Waals surface area (Å²) in [4.78, 5) is -0.675. The number of hydrogen-bond acceptors (Lipinski definition) is 3. The Balaban J connectivity index is 3.21. The molecule has 0 amide bonds. The summed E-state index contributed by atoms with van der Waals surface area (Å²) in [6, 6.07) is 0.899. The van der Waals surface area contributed by atoms with Gasteiger partial charge in [0.25, 0.3) is 0 Å². The van der Waals surface area contributed by atoms with Crippen LogP contribution in [-0.2, 0) is 10.0 Å². The molecule has 0 bridgehead atoms. The second-order valence-electron chi connectivity index (χ2n) is 3.38. The van der Waals surface area contributed by atoms with Gasteiger partial charge in [-0.15, -0.1) is 0 Å². The van der Waals surface area contributed by atoms with Crippen molar-refractivity contribution in [3.8, 4) is 0 Å². The molecule has 0 spiro atoms. The Bertz CT molecular complexity index is 521. The third kappa shape index (κ3) is 3.21. The fourth-order valence-corrected chi connectivity index (χ4v) is 2.87. The summed E-state index contributed by atoms with van der Waals surface area (Å²) in [6.45, 7) is 0.983. The molecule has 0 radical (unpaired) electrons. The van der Waals surface area contributed by atoms with Gasteiger partial charge in [0, 0.05) is 6.04 Å². The van der Waals surface area contributed by atoms with E-state index in [2.05, 4.69) is 15.9 Å². The van der Waals surface area contributed by atoms with Crippen LogP contribution in [0.15, 0.2) is 21.5 Å². The minimum Gasteiger partial charge on any atom is -0.395 e. The van der Waals surface area contributed by atoms with Crippen molar-refractivity contribution in [2.45, 2.75) is 17.9 Å². The average molecular weight is 330 g/mol. The normalized spacial score (nSPS) is 13.7. The second kappa shape index (κ2) is 5.38. The molecule has 1 aromatic rings. The molecule has 0 aliphatic rings. The molecule has 0 fully saturated rings. The first kappa shape index (κ1) is 14.5. The highest BCUT2D eigenvalue weighted by molar-refractivity contribution is 9.10. The minimum absolute atomic E-state index is 0.427. The molecular formula is C9H10BrF2NO3S. The molecule has 96 valence electrons. The van der Waals surface area contributed by atoms with Gasteiger partial charge in [-0.05, 0) is 35.0 Å². The van der Waals surface area contributed by atoms with Crippen molar-refractivity contribution < 1.29 is 22.3 Å². The Morgan fingerprint density at radius 2 is 2.06 bits per heavy atom. The van der Waals surface area contributed by atoms with E-state index in [1.165, 1.54) is 6.92 Å². The molecule has 1 atom stereocenters. The Morgan fingerprint density at radius 3 is 2.59 bits per heavy atom. The van der Waals surface area contributed by atoms with Gasteiger partial charge in [-0.3, -0.25) is 0 Å². The summed E-state index contributed by atoms with van der Waals surface area (Å²) in [5, 5.41) is 8.72. The molecule has 2 N–H and O–H groups in total. The first-order valence-corrected chi connectivity index (χ1v) is 6.84. The lowest BCUT2D eigenvalue weighted by Gasteiger charge is -2.12. The van der Waals surface area contributed by atoms with Crippen LogP contribution in [0.25, 0.3) is 0 Å². The van der Waals surface area contributed by atoms with Crippen LogP contribution in [0.5, 0.6) is 0 Å². The third-order valence-corrected chi connectivity index (χ3v) is 4.25. The maximum Gasteiger partial charge on any atom is 0.243 e. The van der Waals surface area contributed by atoms with E-state index in [1.54, 1.807) is 0 Å². The summed E-state index contributed by atoms with van der Waals surface area (Å²) in [5.74, 6) is -2.10. The van der Waals surface area contributed by atoms with Crippen LogP contribution in [0, 0.1) is 11.6 Å². The zero-order valence-electron chi connectivity index (χ0n) is 8.75. The van der Waals surface area contributed by atoms with Crippen molar-refractivity contribution in [1.82, 2.24) is 4.72 Å². The maximum absolute atomic E-state index is 13.5. The van der Waals surface area contributed by atoms with Gasteiger partial charge in [-0.1, -0.05) is 0 Å². The lowest BCUT2D eigenvalue weighted by molar-refractivity contribution is 0.265. The molecule has 8 heteroatoms. The van der Waals surface area contributed by atoms with Gasteiger partial charge < -0.3 is 5.11 Å². The van der Waals surface area contributed by atoms with Gasteiger partial charge in [0.2, 0.25) is 10.0 Å². The standard InChI is InChI=1S/C9H10BrF2NO3S/c1-5(4-14)13-17(15,16)7-3-2-6(11)8(10)9(7)12/h2-3,5,13-14H,4H2,1H3/t5-/m0/s1. The second-order valence-corrected chi connectivity index (χ2v) is 5.85. The quantitative estimate of drug-likeness (QED) is 0.820. The number of nitrogens with one attached hydrogen (secondary N) is 1. The van der Waals surface area contributed by atoms with Crippen LogP contribution in [0.2, 0.25) is 0 Å². The highest BCUT2D eigenvalue weighted by Gasteiger charge is 2.24. The van der Waals surface area contributed by atoms with E-state index in [4.69, 9.17) is 5.11 Å². The predicted octanol–water partition coefficient (Wildman–Crippen LogP) is 1.39. The maximum atomic E-state index is 13.5. The molecule has 1 rings (SSSR count). The average Bonchev–Trinajstić information content (AvgIpc) is 2.24. The third-order valence-electron chi connectivity index (χ3n) is 1.92. The number of halogens is 3. The van der Waals surface area contributed by atoms with Crippen LogP contribution in [0.3, 0.4) is 0 Å². The number of benzene rings is 1. The Kier molecular flexibility index (Phi) is 4.59. The zero-order valence-corrected chi connectivity index (χ0v) is 11.1. The van der Waals surface area contributed by atoms with E-state index in [-0.39, 0.29) is 0 Å². The van der Waals surface area contributed by atoms with Crippen molar-refractivity contribution in [1.29, 1.82) is 0 Å². The fourth-order valence-electron chi connectivity index (χ4n) is 1.08. The van der Waals surface area contributed by atoms with E-state index in [0.29, 0.717) is 0 Å². The van der Waals surface area contributed by atoms with Crippen LogP contribution in [0.4, 0.5) is 8.78 Å². The molecule has 0 aliphatic carbocycles. The molecule has 4 nitrogen and oxygen atoms in total. The van der Waals surface area contributed by atoms with Crippen molar-refractivity contribution in [2.75, 3.05) is 6.61 Å². The van der Waals surface area contributed by atoms with Gasteiger partial charge >= 0.3 is 0 Å². The smallest absolute Gasteiger partial charge is 0.243 e. The van der Waals surface area contributed by atoms with Crippen molar-refractivity contribution in [3.63, 3.8) is 0 Å². The summed E-state index contributed by atoms with van der Waals surface area (Å²) in [7, 11) is -4.12. The Morgan fingerprint density at radius 1 is 1.47 bits per heavy atom. The first-order valence-electron chi connectivity index (χ1n) is 4.56. The number of sulfonamides is 1. The van der Waals surface area contributed by atoms with E-state index in [1.807, 2.05) is 4.72 Å². The Labute approximate surface area is 106 Å². The largest absolute Gasteiger partial charge is 0.395 e. The number of aliphatic hydroxyl groups excluding tert-OH is 1. The summed E-state index contributed by atoms with van der Waals surface area (Å²) < 4.78 is 51.3. The molecule has 0 heterocycles. The monoisotopic (exact) mass is 329 g/mol. The van der Waals surface area contributed by atoms with Gasteiger partial charge in [0.15, 0.2) is 5.82 Å². The molecule has 0 saturated heterocycles.